The summed E-state index contributed by atoms with van der Waals surface area (Å²) in [7, 11) is -4.13. The first-order valence-electron chi connectivity index (χ1n) is 9.02. The average Bonchev–Trinajstić information content (AvgIpc) is 2.55. The van der Waals surface area contributed by atoms with Gasteiger partial charge in [-0.1, -0.05) is 51.2 Å². The molecule has 1 atom stereocenters. The van der Waals surface area contributed by atoms with E-state index >= 15 is 0 Å². The van der Waals surface area contributed by atoms with Crippen LogP contribution in [0.2, 0.25) is 0 Å². The molecule has 0 aromatic heterocycles. The normalized spacial score (nSPS) is 12.8. The number of aryl methyl sites for hydroxylation is 1. The van der Waals surface area contributed by atoms with Gasteiger partial charge in [0.05, 0.1) is 12.2 Å². The van der Waals surface area contributed by atoms with Gasteiger partial charge < -0.3 is 20.8 Å². The Balaban J connectivity index is 2.41. The van der Waals surface area contributed by atoms with Gasteiger partial charge in [-0.25, -0.2) is 0 Å². The first-order valence-corrected chi connectivity index (χ1v) is 10.8. The second kappa shape index (κ2) is 11.4. The van der Waals surface area contributed by atoms with Crippen LogP contribution in [0.1, 0.15) is 57.4 Å². The lowest BCUT2D eigenvalue weighted by molar-refractivity contribution is -0.117. The van der Waals surface area contributed by atoms with E-state index in [0.29, 0.717) is 5.69 Å². The molecular weight excluding hydrogens is 339 g/mol. The van der Waals surface area contributed by atoms with Crippen molar-refractivity contribution < 1.29 is 19.1 Å². The molecule has 1 rings (SSSR count). The van der Waals surface area contributed by atoms with Crippen LogP contribution in [0.3, 0.4) is 0 Å². The zero-order valence-corrected chi connectivity index (χ0v) is 15.9. The van der Waals surface area contributed by atoms with Crippen LogP contribution in [0.15, 0.2) is 24.3 Å². The number of anilines is 1. The molecule has 1 aromatic carbocycles. The SMILES string of the molecule is CCCCCCCCc1cccc(NC(=O)[C@@H](N)CCP(=O)(O)O)c1. The van der Waals surface area contributed by atoms with Crippen LogP contribution in [0.5, 0.6) is 0 Å². The molecule has 0 aliphatic rings. The summed E-state index contributed by atoms with van der Waals surface area (Å²) in [5.74, 6) is -0.426. The number of benzene rings is 1. The lowest BCUT2D eigenvalue weighted by atomic mass is 10.0. The Labute approximate surface area is 150 Å². The number of unbranched alkanes of at least 4 members (excludes halogenated alkanes) is 5. The standard InChI is InChI=1S/C18H31N2O4P/c1-2-3-4-5-6-7-9-15-10-8-11-16(14-15)20-18(21)17(19)12-13-25(22,23)24/h8,10-11,14,17H,2-7,9,12-13,19H2,1H3,(H,20,21)(H2,22,23,24)/t17-/m0/s1. The van der Waals surface area contributed by atoms with Gasteiger partial charge in [0.2, 0.25) is 5.91 Å². The van der Waals surface area contributed by atoms with Crippen LogP contribution < -0.4 is 11.1 Å². The Morgan fingerprint density at radius 2 is 1.88 bits per heavy atom. The Kier molecular flexibility index (Phi) is 9.98. The van der Waals surface area contributed by atoms with Gasteiger partial charge in [0.1, 0.15) is 0 Å². The summed E-state index contributed by atoms with van der Waals surface area (Å²) in [6.07, 6.45) is 7.97. The number of rotatable bonds is 12. The predicted octanol–water partition coefficient (Wildman–Crippen LogP) is 3.42. The van der Waals surface area contributed by atoms with Gasteiger partial charge in [-0.2, -0.15) is 0 Å². The molecule has 25 heavy (non-hydrogen) atoms. The molecule has 1 amide bonds. The summed E-state index contributed by atoms with van der Waals surface area (Å²) in [4.78, 5) is 29.7. The van der Waals surface area contributed by atoms with Gasteiger partial charge in [-0.3, -0.25) is 9.36 Å². The number of nitrogens with one attached hydrogen (secondary N) is 1. The van der Waals surface area contributed by atoms with E-state index in [1.165, 1.54) is 32.1 Å². The van der Waals surface area contributed by atoms with Crippen LogP contribution in [-0.2, 0) is 15.8 Å². The van der Waals surface area contributed by atoms with Crippen molar-refractivity contribution in [1.82, 2.24) is 0 Å². The lowest BCUT2D eigenvalue weighted by Crippen LogP contribution is -2.36. The molecule has 0 bridgehead atoms. The fourth-order valence-electron chi connectivity index (χ4n) is 2.59. The second-order valence-corrected chi connectivity index (χ2v) is 8.27. The highest BCUT2D eigenvalue weighted by molar-refractivity contribution is 7.51. The molecule has 0 spiro atoms. The number of nitrogens with two attached hydrogens (primary N) is 1. The number of amides is 1. The number of hydrogen-bond donors (Lipinski definition) is 4. The van der Waals surface area contributed by atoms with Crippen LogP contribution in [0, 0.1) is 0 Å². The van der Waals surface area contributed by atoms with E-state index in [0.717, 1.165) is 18.4 Å². The quantitative estimate of drug-likeness (QED) is 0.333. The first-order chi connectivity index (χ1) is 11.8. The second-order valence-electron chi connectivity index (χ2n) is 6.49. The van der Waals surface area contributed by atoms with E-state index in [4.69, 9.17) is 15.5 Å². The third-order valence-corrected chi connectivity index (χ3v) is 4.92. The van der Waals surface area contributed by atoms with Crippen molar-refractivity contribution in [3.63, 3.8) is 0 Å². The van der Waals surface area contributed by atoms with Gasteiger partial charge in [0.15, 0.2) is 0 Å². The minimum atomic E-state index is -4.13. The molecule has 0 aliphatic heterocycles. The monoisotopic (exact) mass is 370 g/mol. The molecule has 7 heteroatoms. The Morgan fingerprint density at radius 1 is 1.20 bits per heavy atom. The Hall–Kier alpha value is -1.20. The van der Waals surface area contributed by atoms with Crippen LogP contribution in [-0.4, -0.2) is 27.9 Å². The average molecular weight is 370 g/mol. The minimum Gasteiger partial charge on any atom is -0.325 e. The predicted molar refractivity (Wildman–Crippen MR) is 102 cm³/mol. The van der Waals surface area contributed by atoms with Gasteiger partial charge >= 0.3 is 7.60 Å². The zero-order chi connectivity index (χ0) is 18.7. The molecule has 0 radical (unpaired) electrons. The van der Waals surface area contributed by atoms with E-state index < -0.39 is 19.5 Å². The number of hydrogen-bond acceptors (Lipinski definition) is 3. The van der Waals surface area contributed by atoms with Crippen molar-refractivity contribution >= 4 is 19.2 Å². The van der Waals surface area contributed by atoms with Crippen LogP contribution in [0.25, 0.3) is 0 Å². The topological polar surface area (TPSA) is 113 Å². The largest absolute Gasteiger partial charge is 0.325 e. The lowest BCUT2D eigenvalue weighted by Gasteiger charge is -2.13. The summed E-state index contributed by atoms with van der Waals surface area (Å²) in [5.41, 5.74) is 7.52. The molecule has 0 saturated heterocycles. The Morgan fingerprint density at radius 3 is 2.56 bits per heavy atom. The highest BCUT2D eigenvalue weighted by Crippen LogP contribution is 2.35. The van der Waals surface area contributed by atoms with Crippen LogP contribution >= 0.6 is 7.60 Å². The molecule has 0 heterocycles. The van der Waals surface area contributed by atoms with Crippen molar-refractivity contribution in [3.05, 3.63) is 29.8 Å². The molecule has 0 saturated carbocycles. The fraction of sp³-hybridized carbons (Fsp3) is 0.611. The van der Waals surface area contributed by atoms with Gasteiger partial charge in [-0.15, -0.1) is 0 Å². The maximum atomic E-state index is 12.0. The minimum absolute atomic E-state index is 0.0481. The van der Waals surface area contributed by atoms with Crippen molar-refractivity contribution in [3.8, 4) is 0 Å². The van der Waals surface area contributed by atoms with E-state index in [-0.39, 0.29) is 12.6 Å². The van der Waals surface area contributed by atoms with Gasteiger partial charge in [-0.05, 0) is 37.0 Å². The van der Waals surface area contributed by atoms with Crippen molar-refractivity contribution in [2.24, 2.45) is 5.73 Å². The molecular formula is C18H31N2O4P. The molecule has 1 aromatic rings. The molecule has 0 unspecified atom stereocenters. The number of carbonyl (C=O) groups is 1. The third-order valence-electron chi connectivity index (χ3n) is 4.08. The fourth-order valence-corrected chi connectivity index (χ4v) is 3.20. The van der Waals surface area contributed by atoms with E-state index in [1.54, 1.807) is 6.07 Å². The summed E-state index contributed by atoms with van der Waals surface area (Å²) < 4.78 is 10.9. The molecule has 5 N–H and O–H groups in total. The zero-order valence-electron chi connectivity index (χ0n) is 15.0. The maximum absolute atomic E-state index is 12.0. The molecule has 0 aliphatic carbocycles. The van der Waals surface area contributed by atoms with Crippen molar-refractivity contribution in [2.45, 2.75) is 64.3 Å². The van der Waals surface area contributed by atoms with Gasteiger partial charge in [0, 0.05) is 5.69 Å². The summed E-state index contributed by atoms with van der Waals surface area (Å²) in [6, 6.07) is 6.71. The summed E-state index contributed by atoms with van der Waals surface area (Å²) in [6.45, 7) is 2.21. The molecule has 142 valence electrons. The summed E-state index contributed by atoms with van der Waals surface area (Å²) >= 11 is 0. The number of carbonyl (C=O) groups excluding carboxylic acids is 1. The highest BCUT2D eigenvalue weighted by atomic mass is 31.2. The van der Waals surface area contributed by atoms with E-state index in [2.05, 4.69) is 12.2 Å². The summed E-state index contributed by atoms with van der Waals surface area (Å²) in [5, 5.41) is 2.72. The van der Waals surface area contributed by atoms with E-state index in [1.807, 2.05) is 18.2 Å². The van der Waals surface area contributed by atoms with Crippen molar-refractivity contribution in [1.29, 1.82) is 0 Å². The van der Waals surface area contributed by atoms with Crippen molar-refractivity contribution in [2.75, 3.05) is 11.5 Å². The van der Waals surface area contributed by atoms with E-state index in [9.17, 15) is 9.36 Å². The third kappa shape index (κ3) is 10.4. The first kappa shape index (κ1) is 21.8. The molecule has 0 fully saturated rings. The maximum Gasteiger partial charge on any atom is 0.325 e. The van der Waals surface area contributed by atoms with Crippen LogP contribution in [0.4, 0.5) is 5.69 Å². The Bertz CT molecular complexity index is 574. The smallest absolute Gasteiger partial charge is 0.325 e. The van der Waals surface area contributed by atoms with Gasteiger partial charge in [0.25, 0.3) is 0 Å². The highest BCUT2D eigenvalue weighted by Gasteiger charge is 2.20. The molecule has 6 nitrogen and oxygen atoms in total.